The Labute approximate surface area is 117 Å². The molecule has 6 N–H and O–H groups in total. The number of hydrogen-bond acceptors (Lipinski definition) is 8. The molecule has 4 atom stereocenters. The summed E-state index contributed by atoms with van der Waals surface area (Å²) in [5.74, 6) is 0. The van der Waals surface area contributed by atoms with Gasteiger partial charge in [-0.15, -0.1) is 0 Å². The fourth-order valence-corrected chi connectivity index (χ4v) is 1.54. The van der Waals surface area contributed by atoms with E-state index in [-0.39, 0.29) is 25.4 Å². The van der Waals surface area contributed by atoms with Gasteiger partial charge in [-0.25, -0.2) is 0 Å². The van der Waals surface area contributed by atoms with E-state index in [9.17, 15) is 15.3 Å². The second-order valence-corrected chi connectivity index (χ2v) is 5.03. The fraction of sp³-hybridized carbons (Fsp3) is 1.00. The van der Waals surface area contributed by atoms with Gasteiger partial charge in [-0.2, -0.15) is 0 Å². The van der Waals surface area contributed by atoms with Crippen molar-refractivity contribution in [2.45, 2.75) is 49.5 Å². The van der Waals surface area contributed by atoms with Crippen molar-refractivity contribution >= 4 is 0 Å². The van der Waals surface area contributed by atoms with Gasteiger partial charge >= 0.3 is 0 Å². The van der Waals surface area contributed by atoms with Gasteiger partial charge in [0.25, 0.3) is 0 Å². The quantitative estimate of drug-likeness (QED) is 0.259. The van der Waals surface area contributed by atoms with Crippen LogP contribution in [0.1, 0.15) is 12.8 Å². The molecule has 0 aromatic heterocycles. The molecule has 0 bridgehead atoms. The van der Waals surface area contributed by atoms with Crippen LogP contribution in [0.5, 0.6) is 0 Å². The third-order valence-corrected chi connectivity index (χ3v) is 3.02. The van der Waals surface area contributed by atoms with Crippen LogP contribution in [0.4, 0.5) is 0 Å². The first-order chi connectivity index (χ1) is 9.47. The lowest BCUT2D eigenvalue weighted by molar-refractivity contribution is -0.0676. The van der Waals surface area contributed by atoms with Crippen molar-refractivity contribution < 1.29 is 40.1 Å². The summed E-state index contributed by atoms with van der Waals surface area (Å²) in [5, 5.41) is 52.5. The summed E-state index contributed by atoms with van der Waals surface area (Å²) < 4.78 is 9.85. The van der Waals surface area contributed by atoms with Crippen molar-refractivity contribution in [3.63, 3.8) is 0 Å². The summed E-state index contributed by atoms with van der Waals surface area (Å²) in [5.41, 5.74) is 0. The van der Waals surface area contributed by atoms with E-state index < -0.39 is 24.4 Å². The lowest BCUT2D eigenvalue weighted by Crippen LogP contribution is -2.38. The minimum Gasteiger partial charge on any atom is -0.394 e. The van der Waals surface area contributed by atoms with Crippen molar-refractivity contribution in [2.75, 3.05) is 26.4 Å². The van der Waals surface area contributed by atoms with E-state index in [2.05, 4.69) is 0 Å². The Morgan fingerprint density at radius 3 is 1.35 bits per heavy atom. The molecule has 0 amide bonds. The second kappa shape index (κ2) is 8.85. The fourth-order valence-electron chi connectivity index (χ4n) is 1.54. The number of hydrogen-bond donors (Lipinski definition) is 6. The van der Waals surface area contributed by atoms with Crippen LogP contribution in [0, 0.1) is 0 Å². The van der Waals surface area contributed by atoms with Gasteiger partial charge < -0.3 is 40.1 Å². The van der Waals surface area contributed by atoms with E-state index in [4.69, 9.17) is 24.8 Å². The average Bonchev–Trinajstić information content (AvgIpc) is 3.33. The van der Waals surface area contributed by atoms with E-state index in [1.165, 1.54) is 0 Å². The summed E-state index contributed by atoms with van der Waals surface area (Å²) in [7, 11) is 0. The maximum Gasteiger partial charge on any atom is 0.106 e. The molecule has 2 fully saturated rings. The van der Waals surface area contributed by atoms with Gasteiger partial charge in [0.2, 0.25) is 0 Å². The summed E-state index contributed by atoms with van der Waals surface area (Å²) in [6.45, 7) is 0.560. The molecule has 2 aliphatic rings. The molecule has 2 saturated heterocycles. The van der Waals surface area contributed by atoms with E-state index >= 15 is 0 Å². The van der Waals surface area contributed by atoms with E-state index in [0.717, 1.165) is 0 Å². The van der Waals surface area contributed by atoms with Gasteiger partial charge in [-0.05, 0) is 0 Å². The van der Waals surface area contributed by atoms with Crippen LogP contribution in [0.25, 0.3) is 0 Å². The maximum atomic E-state index is 9.53. The normalized spacial score (nSPS) is 28.4. The number of ether oxygens (including phenoxy) is 2. The van der Waals surface area contributed by atoms with Gasteiger partial charge in [0.1, 0.15) is 12.2 Å². The number of epoxide rings is 2. The van der Waals surface area contributed by atoms with Gasteiger partial charge in [0.05, 0.1) is 50.8 Å². The molecule has 0 radical (unpaired) electrons. The lowest BCUT2D eigenvalue weighted by atomic mass is 10.0. The molecule has 20 heavy (non-hydrogen) atoms. The molecule has 0 aromatic carbocycles. The zero-order chi connectivity index (χ0) is 15.1. The molecule has 120 valence electrons. The molecule has 0 spiro atoms. The monoisotopic (exact) mass is 296 g/mol. The Kier molecular flexibility index (Phi) is 7.85. The zero-order valence-corrected chi connectivity index (χ0v) is 11.2. The first-order valence-corrected chi connectivity index (χ1v) is 6.65. The Balaban J connectivity index is 0.000000286. The highest BCUT2D eigenvalue weighted by molar-refractivity contribution is 4.84. The average molecular weight is 296 g/mol. The Bertz CT molecular complexity index is 232. The molecule has 2 heterocycles. The van der Waals surface area contributed by atoms with Crippen LogP contribution in [0.2, 0.25) is 0 Å². The molecule has 0 aliphatic carbocycles. The van der Waals surface area contributed by atoms with Crippen molar-refractivity contribution in [3.8, 4) is 0 Å². The minimum atomic E-state index is -1.09. The summed E-state index contributed by atoms with van der Waals surface area (Å²) in [4.78, 5) is 0. The smallest absolute Gasteiger partial charge is 0.106 e. The van der Waals surface area contributed by atoms with Crippen molar-refractivity contribution in [1.82, 2.24) is 0 Å². The summed E-state index contributed by atoms with van der Waals surface area (Å²) in [6.07, 6.45) is -2.96. The number of aliphatic hydroxyl groups excluding tert-OH is 6. The highest BCUT2D eigenvalue weighted by Gasteiger charge is 2.35. The maximum absolute atomic E-state index is 9.53. The highest BCUT2D eigenvalue weighted by Crippen LogP contribution is 2.22. The molecule has 0 aromatic rings. The van der Waals surface area contributed by atoms with Crippen LogP contribution >= 0.6 is 0 Å². The molecule has 8 nitrogen and oxygen atoms in total. The third-order valence-electron chi connectivity index (χ3n) is 3.02. The summed E-state index contributed by atoms with van der Waals surface area (Å²) >= 11 is 0. The predicted octanol–water partition coefficient (Wildman–Crippen LogP) is -3.02. The van der Waals surface area contributed by atoms with E-state index in [0.29, 0.717) is 26.1 Å². The van der Waals surface area contributed by atoms with Crippen molar-refractivity contribution in [1.29, 1.82) is 0 Å². The van der Waals surface area contributed by atoms with Crippen LogP contribution in [0.3, 0.4) is 0 Å². The minimum absolute atomic E-state index is 0.0593. The molecule has 2 aliphatic heterocycles. The Hall–Kier alpha value is -0.320. The van der Waals surface area contributed by atoms with Crippen LogP contribution in [0.15, 0.2) is 0 Å². The zero-order valence-electron chi connectivity index (χ0n) is 11.2. The van der Waals surface area contributed by atoms with E-state index in [1.807, 2.05) is 0 Å². The molecular formula is C12H24O8. The van der Waals surface area contributed by atoms with Gasteiger partial charge in [0.15, 0.2) is 0 Å². The highest BCUT2D eigenvalue weighted by atomic mass is 16.6. The second-order valence-electron chi connectivity index (χ2n) is 5.03. The molecule has 4 unspecified atom stereocenters. The van der Waals surface area contributed by atoms with Gasteiger partial charge in [0, 0.05) is 12.8 Å². The number of rotatable bonds is 8. The third kappa shape index (κ3) is 7.46. The first kappa shape index (κ1) is 17.7. The topological polar surface area (TPSA) is 146 Å². The summed E-state index contributed by atoms with van der Waals surface area (Å²) in [6, 6.07) is 0. The molecule has 2 rings (SSSR count). The van der Waals surface area contributed by atoms with Gasteiger partial charge in [-0.1, -0.05) is 0 Å². The number of aliphatic hydroxyl groups is 6. The van der Waals surface area contributed by atoms with Crippen LogP contribution in [-0.4, -0.2) is 93.7 Å². The van der Waals surface area contributed by atoms with Crippen molar-refractivity contribution in [2.24, 2.45) is 0 Å². The standard InChI is InChI=1S/C9H16O5.C3H8O3/c10-7(1-5-3-13-5)9(12)8(11)2-6-4-14-6;4-1-3(6)2-5/h5-12H,1-4H2;3-6H,1-2H2. The first-order valence-electron chi connectivity index (χ1n) is 6.65. The Morgan fingerprint density at radius 2 is 1.15 bits per heavy atom. The SMILES string of the molecule is OC(CC1CO1)C(O)C(O)CC1CO1.OCC(O)CO. The lowest BCUT2D eigenvalue weighted by Gasteiger charge is -2.21. The molecular weight excluding hydrogens is 272 g/mol. The largest absolute Gasteiger partial charge is 0.394 e. The van der Waals surface area contributed by atoms with Crippen molar-refractivity contribution in [3.05, 3.63) is 0 Å². The molecule has 0 saturated carbocycles. The van der Waals surface area contributed by atoms with Crippen LogP contribution in [-0.2, 0) is 9.47 Å². The molecule has 8 heteroatoms. The Morgan fingerprint density at radius 1 is 0.800 bits per heavy atom. The van der Waals surface area contributed by atoms with Crippen LogP contribution < -0.4 is 0 Å². The van der Waals surface area contributed by atoms with Gasteiger partial charge in [-0.3, -0.25) is 0 Å². The van der Waals surface area contributed by atoms with E-state index in [1.54, 1.807) is 0 Å². The predicted molar refractivity (Wildman–Crippen MR) is 66.9 cm³/mol.